The van der Waals surface area contributed by atoms with E-state index in [4.69, 9.17) is 10.3 Å². The maximum atomic E-state index is 8.44. The highest BCUT2D eigenvalue weighted by Gasteiger charge is 2.37. The number of hydrogen-bond donors (Lipinski definition) is 0. The van der Waals surface area contributed by atoms with Gasteiger partial charge in [-0.15, -0.1) is 0 Å². The van der Waals surface area contributed by atoms with Crippen molar-refractivity contribution in [2.75, 3.05) is 0 Å². The molecule has 0 radical (unpaired) electrons. The van der Waals surface area contributed by atoms with E-state index in [1.165, 1.54) is 0 Å². The fourth-order valence-electron chi connectivity index (χ4n) is 1.63. The van der Waals surface area contributed by atoms with E-state index in [0.717, 1.165) is 24.8 Å². The minimum absolute atomic E-state index is 0.514. The average molecular weight is 203 g/mol. The monoisotopic (exact) mass is 203 g/mol. The predicted octanol–water partition coefficient (Wildman–Crippen LogP) is 3.39. The van der Waals surface area contributed by atoms with Gasteiger partial charge in [0.2, 0.25) is 0 Å². The van der Waals surface area contributed by atoms with Gasteiger partial charge in [-0.25, -0.2) is 0 Å². The standard InChI is InChI=1S/C11H13N3O/c12-14-13-11(7-4-8-11)15-9-10-5-2-1-3-6-10/h1-3,5-6H,4,7-9H2. The Morgan fingerprint density at radius 1 is 1.33 bits per heavy atom. The molecule has 0 aliphatic heterocycles. The molecular formula is C11H13N3O. The SMILES string of the molecule is [N-]=[N+]=NC1(OCc2ccccc2)CCC1. The zero-order valence-corrected chi connectivity index (χ0v) is 8.47. The Balaban J connectivity index is 1.95. The summed E-state index contributed by atoms with van der Waals surface area (Å²) in [5, 5.41) is 3.73. The first kappa shape index (κ1) is 10.0. The lowest BCUT2D eigenvalue weighted by Gasteiger charge is -2.37. The molecule has 0 saturated heterocycles. The Labute approximate surface area is 88.5 Å². The zero-order chi connectivity index (χ0) is 10.6. The molecule has 4 nitrogen and oxygen atoms in total. The number of nitrogens with zero attached hydrogens (tertiary/aromatic N) is 3. The van der Waals surface area contributed by atoms with E-state index >= 15 is 0 Å². The highest BCUT2D eigenvalue weighted by Crippen LogP contribution is 2.37. The third kappa shape index (κ3) is 2.29. The smallest absolute Gasteiger partial charge is 0.147 e. The van der Waals surface area contributed by atoms with Crippen LogP contribution in [0.5, 0.6) is 0 Å². The van der Waals surface area contributed by atoms with Crippen molar-refractivity contribution in [1.29, 1.82) is 0 Å². The minimum Gasteiger partial charge on any atom is -0.364 e. The van der Waals surface area contributed by atoms with Gasteiger partial charge >= 0.3 is 0 Å². The third-order valence-electron chi connectivity index (χ3n) is 2.71. The van der Waals surface area contributed by atoms with Crippen molar-refractivity contribution in [2.24, 2.45) is 5.11 Å². The van der Waals surface area contributed by atoms with E-state index in [9.17, 15) is 0 Å². The maximum Gasteiger partial charge on any atom is 0.147 e. The summed E-state index contributed by atoms with van der Waals surface area (Å²) in [4.78, 5) is 2.84. The van der Waals surface area contributed by atoms with Crippen LogP contribution >= 0.6 is 0 Å². The van der Waals surface area contributed by atoms with Gasteiger partial charge in [-0.3, -0.25) is 0 Å². The van der Waals surface area contributed by atoms with Crippen LogP contribution in [-0.4, -0.2) is 5.72 Å². The number of ether oxygens (including phenoxy) is 1. The molecule has 0 heterocycles. The molecule has 1 saturated carbocycles. The molecule has 1 aliphatic carbocycles. The molecular weight excluding hydrogens is 190 g/mol. The first-order chi connectivity index (χ1) is 7.35. The van der Waals surface area contributed by atoms with Crippen LogP contribution in [0.4, 0.5) is 0 Å². The van der Waals surface area contributed by atoms with Crippen LogP contribution < -0.4 is 0 Å². The van der Waals surface area contributed by atoms with Crippen LogP contribution in [0, 0.1) is 0 Å². The van der Waals surface area contributed by atoms with Crippen molar-refractivity contribution in [3.63, 3.8) is 0 Å². The van der Waals surface area contributed by atoms with E-state index in [1.807, 2.05) is 30.3 Å². The summed E-state index contributed by atoms with van der Waals surface area (Å²) in [6.07, 6.45) is 2.75. The highest BCUT2D eigenvalue weighted by molar-refractivity contribution is 5.13. The Morgan fingerprint density at radius 2 is 2.07 bits per heavy atom. The van der Waals surface area contributed by atoms with Crippen LogP contribution in [0.1, 0.15) is 24.8 Å². The van der Waals surface area contributed by atoms with E-state index in [0.29, 0.717) is 6.61 Å². The molecule has 0 unspecified atom stereocenters. The Bertz CT molecular complexity index is 367. The fourth-order valence-corrected chi connectivity index (χ4v) is 1.63. The topological polar surface area (TPSA) is 58.0 Å². The number of azide groups is 1. The summed E-state index contributed by atoms with van der Waals surface area (Å²) < 4.78 is 5.67. The van der Waals surface area contributed by atoms with Crippen molar-refractivity contribution in [2.45, 2.75) is 31.6 Å². The summed E-state index contributed by atoms with van der Waals surface area (Å²) in [6, 6.07) is 9.92. The summed E-state index contributed by atoms with van der Waals surface area (Å²) in [7, 11) is 0. The molecule has 1 fully saturated rings. The summed E-state index contributed by atoms with van der Waals surface area (Å²) in [5.74, 6) is 0. The van der Waals surface area contributed by atoms with Gasteiger partial charge < -0.3 is 4.74 Å². The largest absolute Gasteiger partial charge is 0.364 e. The molecule has 78 valence electrons. The summed E-state index contributed by atoms with van der Waals surface area (Å²) in [6.45, 7) is 0.514. The molecule has 1 aromatic rings. The van der Waals surface area contributed by atoms with Crippen LogP contribution in [-0.2, 0) is 11.3 Å². The first-order valence-electron chi connectivity index (χ1n) is 5.09. The van der Waals surface area contributed by atoms with E-state index < -0.39 is 5.72 Å². The van der Waals surface area contributed by atoms with Crippen LogP contribution in [0.25, 0.3) is 10.4 Å². The third-order valence-corrected chi connectivity index (χ3v) is 2.71. The normalized spacial score (nSPS) is 17.6. The van der Waals surface area contributed by atoms with Gasteiger partial charge in [0.15, 0.2) is 0 Å². The second-order valence-electron chi connectivity index (χ2n) is 3.76. The Morgan fingerprint density at radius 3 is 2.60 bits per heavy atom. The van der Waals surface area contributed by atoms with Crippen molar-refractivity contribution in [1.82, 2.24) is 0 Å². The summed E-state index contributed by atoms with van der Waals surface area (Å²) >= 11 is 0. The Kier molecular flexibility index (Phi) is 2.90. The summed E-state index contributed by atoms with van der Waals surface area (Å²) in [5.41, 5.74) is 8.99. The van der Waals surface area contributed by atoms with Gasteiger partial charge in [-0.05, 0) is 30.4 Å². The molecule has 0 N–H and O–H groups in total. The number of benzene rings is 1. The van der Waals surface area contributed by atoms with Crippen LogP contribution in [0.15, 0.2) is 35.4 Å². The number of rotatable bonds is 4. The van der Waals surface area contributed by atoms with Gasteiger partial charge in [0, 0.05) is 4.91 Å². The van der Waals surface area contributed by atoms with Crippen molar-refractivity contribution >= 4 is 0 Å². The van der Waals surface area contributed by atoms with Gasteiger partial charge in [0.05, 0.1) is 6.61 Å². The van der Waals surface area contributed by atoms with E-state index in [-0.39, 0.29) is 0 Å². The highest BCUT2D eigenvalue weighted by atomic mass is 16.5. The first-order valence-corrected chi connectivity index (χ1v) is 5.09. The van der Waals surface area contributed by atoms with Gasteiger partial charge in [0.25, 0.3) is 0 Å². The second kappa shape index (κ2) is 4.34. The molecule has 0 bridgehead atoms. The quantitative estimate of drug-likeness (QED) is 0.420. The molecule has 0 aromatic heterocycles. The lowest BCUT2D eigenvalue weighted by atomic mass is 9.89. The molecule has 1 aromatic carbocycles. The lowest BCUT2D eigenvalue weighted by molar-refractivity contribution is -0.104. The molecule has 0 spiro atoms. The van der Waals surface area contributed by atoms with Gasteiger partial charge in [-0.2, -0.15) is 0 Å². The van der Waals surface area contributed by atoms with Gasteiger partial charge in [0.1, 0.15) is 5.72 Å². The second-order valence-corrected chi connectivity index (χ2v) is 3.76. The lowest BCUT2D eigenvalue weighted by Crippen LogP contribution is -2.37. The predicted molar refractivity (Wildman–Crippen MR) is 57.0 cm³/mol. The van der Waals surface area contributed by atoms with Gasteiger partial charge in [-0.1, -0.05) is 35.4 Å². The molecule has 2 rings (SSSR count). The molecule has 1 aliphatic rings. The van der Waals surface area contributed by atoms with E-state index in [1.54, 1.807) is 0 Å². The van der Waals surface area contributed by atoms with Crippen molar-refractivity contribution in [3.05, 3.63) is 46.3 Å². The fraction of sp³-hybridized carbons (Fsp3) is 0.455. The maximum absolute atomic E-state index is 8.44. The molecule has 4 heteroatoms. The molecule has 0 amide bonds. The van der Waals surface area contributed by atoms with Crippen LogP contribution in [0.2, 0.25) is 0 Å². The van der Waals surface area contributed by atoms with Crippen LogP contribution in [0.3, 0.4) is 0 Å². The minimum atomic E-state index is -0.565. The molecule has 0 atom stereocenters. The number of hydrogen-bond acceptors (Lipinski definition) is 2. The van der Waals surface area contributed by atoms with E-state index in [2.05, 4.69) is 10.0 Å². The molecule has 15 heavy (non-hydrogen) atoms. The Hall–Kier alpha value is -1.51. The average Bonchev–Trinajstić information content (AvgIpc) is 2.23. The zero-order valence-electron chi connectivity index (χ0n) is 8.47. The van der Waals surface area contributed by atoms with Crippen molar-refractivity contribution < 1.29 is 4.74 Å². The van der Waals surface area contributed by atoms with Crippen molar-refractivity contribution in [3.8, 4) is 0 Å².